The highest BCUT2D eigenvalue weighted by atomic mass is 16.2. The van der Waals surface area contributed by atoms with Gasteiger partial charge in [0.15, 0.2) is 0 Å². The fraction of sp³-hybridized carbons (Fsp3) is 0.917. The zero-order valence-electron chi connectivity index (χ0n) is 9.61. The van der Waals surface area contributed by atoms with Crippen LogP contribution < -0.4 is 5.73 Å². The molecule has 86 valence electrons. The van der Waals surface area contributed by atoms with Crippen molar-refractivity contribution in [2.45, 2.75) is 45.1 Å². The molecule has 2 saturated carbocycles. The van der Waals surface area contributed by atoms with Crippen molar-refractivity contribution in [2.75, 3.05) is 13.1 Å². The van der Waals surface area contributed by atoms with E-state index >= 15 is 0 Å². The first-order valence-corrected chi connectivity index (χ1v) is 6.26. The normalized spacial score (nSPS) is 22.5. The molecule has 2 aliphatic carbocycles. The lowest BCUT2D eigenvalue weighted by Crippen LogP contribution is -2.41. The minimum absolute atomic E-state index is 0.0596. The lowest BCUT2D eigenvalue weighted by molar-refractivity contribution is -0.136. The molecule has 2 rings (SSSR count). The number of nitrogens with two attached hydrogens (primary N) is 1. The molecule has 0 saturated heterocycles. The van der Waals surface area contributed by atoms with E-state index in [1.807, 2.05) is 0 Å². The topological polar surface area (TPSA) is 46.3 Å². The maximum Gasteiger partial charge on any atom is 0.227 e. The van der Waals surface area contributed by atoms with Gasteiger partial charge < -0.3 is 10.6 Å². The molecule has 0 radical (unpaired) electrons. The summed E-state index contributed by atoms with van der Waals surface area (Å²) in [6.07, 6.45) is 5.92. The highest BCUT2D eigenvalue weighted by Gasteiger charge is 2.38. The van der Waals surface area contributed by atoms with Crippen LogP contribution >= 0.6 is 0 Å². The Morgan fingerprint density at radius 2 is 2.07 bits per heavy atom. The molecule has 2 aliphatic rings. The minimum atomic E-state index is 0.0596. The van der Waals surface area contributed by atoms with E-state index in [1.54, 1.807) is 0 Å². The van der Waals surface area contributed by atoms with E-state index in [9.17, 15) is 4.79 Å². The fourth-order valence-electron chi connectivity index (χ4n) is 2.06. The number of nitrogens with zero attached hydrogens (tertiary/aromatic N) is 1. The average molecular weight is 210 g/mol. The summed E-state index contributed by atoms with van der Waals surface area (Å²) in [5.74, 6) is 1.17. The van der Waals surface area contributed by atoms with E-state index in [2.05, 4.69) is 11.8 Å². The van der Waals surface area contributed by atoms with Crippen molar-refractivity contribution in [3.8, 4) is 0 Å². The van der Waals surface area contributed by atoms with Crippen molar-refractivity contribution >= 4 is 5.91 Å². The summed E-state index contributed by atoms with van der Waals surface area (Å²) in [6, 6.07) is 0.554. The van der Waals surface area contributed by atoms with Gasteiger partial charge in [-0.2, -0.15) is 0 Å². The number of carbonyl (C=O) groups excluding carboxylic acids is 1. The Labute approximate surface area is 92.0 Å². The van der Waals surface area contributed by atoms with E-state index in [4.69, 9.17) is 5.73 Å². The average Bonchev–Trinajstić information content (AvgIpc) is 3.08. The smallest absolute Gasteiger partial charge is 0.227 e. The second-order valence-electron chi connectivity index (χ2n) is 5.01. The van der Waals surface area contributed by atoms with Gasteiger partial charge >= 0.3 is 0 Å². The molecule has 3 heteroatoms. The molecule has 1 atom stereocenters. The molecular formula is C12H22N2O. The standard InChI is InChI=1S/C12H22N2O/c1-2-10(7-13)12(15)14(11-5-6-11)8-9-3-4-9/h9-11H,2-8,13H2,1H3. The first-order chi connectivity index (χ1) is 7.26. The van der Waals surface area contributed by atoms with Crippen LogP contribution in [0.4, 0.5) is 0 Å². The van der Waals surface area contributed by atoms with Crippen LogP contribution in [0.2, 0.25) is 0 Å². The third-order valence-corrected chi connectivity index (χ3v) is 3.55. The van der Waals surface area contributed by atoms with Crippen molar-refractivity contribution in [1.29, 1.82) is 0 Å². The van der Waals surface area contributed by atoms with Crippen LogP contribution in [0, 0.1) is 11.8 Å². The Morgan fingerprint density at radius 1 is 1.40 bits per heavy atom. The predicted octanol–water partition coefficient (Wildman–Crippen LogP) is 1.37. The van der Waals surface area contributed by atoms with Crippen LogP contribution in [0.5, 0.6) is 0 Å². The summed E-state index contributed by atoms with van der Waals surface area (Å²) in [5, 5.41) is 0. The lowest BCUT2D eigenvalue weighted by Gasteiger charge is -2.26. The molecule has 1 unspecified atom stereocenters. The van der Waals surface area contributed by atoms with Gasteiger partial charge in [-0.1, -0.05) is 6.92 Å². The number of carbonyl (C=O) groups is 1. The zero-order valence-corrected chi connectivity index (χ0v) is 9.61. The summed E-state index contributed by atoms with van der Waals surface area (Å²) in [4.78, 5) is 14.3. The summed E-state index contributed by atoms with van der Waals surface area (Å²) >= 11 is 0. The molecule has 2 N–H and O–H groups in total. The Hall–Kier alpha value is -0.570. The molecular weight excluding hydrogens is 188 g/mol. The van der Waals surface area contributed by atoms with Gasteiger partial charge in [-0.25, -0.2) is 0 Å². The Bertz CT molecular complexity index is 230. The van der Waals surface area contributed by atoms with Crippen molar-refractivity contribution in [3.63, 3.8) is 0 Å². The maximum absolute atomic E-state index is 12.2. The van der Waals surface area contributed by atoms with Gasteiger partial charge in [-0.15, -0.1) is 0 Å². The van der Waals surface area contributed by atoms with Crippen LogP contribution in [0.15, 0.2) is 0 Å². The van der Waals surface area contributed by atoms with Crippen molar-refractivity contribution in [2.24, 2.45) is 17.6 Å². The molecule has 0 aromatic heterocycles. The maximum atomic E-state index is 12.2. The SMILES string of the molecule is CCC(CN)C(=O)N(CC1CC1)C1CC1. The van der Waals surface area contributed by atoms with Gasteiger partial charge in [0.25, 0.3) is 0 Å². The third-order valence-electron chi connectivity index (χ3n) is 3.55. The molecule has 0 heterocycles. The number of rotatable bonds is 6. The predicted molar refractivity (Wildman–Crippen MR) is 60.3 cm³/mol. The van der Waals surface area contributed by atoms with Crippen LogP contribution in [-0.4, -0.2) is 29.9 Å². The van der Waals surface area contributed by atoms with Crippen LogP contribution in [0.25, 0.3) is 0 Å². The van der Waals surface area contributed by atoms with Crippen LogP contribution in [-0.2, 0) is 4.79 Å². The van der Waals surface area contributed by atoms with Crippen molar-refractivity contribution < 1.29 is 4.79 Å². The molecule has 0 bridgehead atoms. The Kier molecular flexibility index (Phi) is 3.29. The minimum Gasteiger partial charge on any atom is -0.339 e. The van der Waals surface area contributed by atoms with E-state index in [1.165, 1.54) is 25.7 Å². The van der Waals surface area contributed by atoms with Gasteiger partial charge in [0.1, 0.15) is 0 Å². The Balaban J connectivity index is 1.92. The molecule has 0 spiro atoms. The first kappa shape index (κ1) is 10.9. The van der Waals surface area contributed by atoms with Gasteiger partial charge in [-0.05, 0) is 38.0 Å². The quantitative estimate of drug-likeness (QED) is 0.719. The summed E-state index contributed by atoms with van der Waals surface area (Å²) in [6.45, 7) is 3.56. The number of amides is 1. The molecule has 0 aromatic rings. The molecule has 0 aliphatic heterocycles. The van der Waals surface area contributed by atoms with Crippen LogP contribution in [0.1, 0.15) is 39.0 Å². The Morgan fingerprint density at radius 3 is 2.47 bits per heavy atom. The third kappa shape index (κ3) is 2.71. The van der Waals surface area contributed by atoms with E-state index < -0.39 is 0 Å². The van der Waals surface area contributed by atoms with Crippen molar-refractivity contribution in [1.82, 2.24) is 4.90 Å². The van der Waals surface area contributed by atoms with Gasteiger partial charge in [0, 0.05) is 19.1 Å². The highest BCUT2D eigenvalue weighted by Crippen LogP contribution is 2.35. The monoisotopic (exact) mass is 210 g/mol. The number of hydrogen-bond donors (Lipinski definition) is 1. The van der Waals surface area contributed by atoms with E-state index in [-0.39, 0.29) is 5.92 Å². The molecule has 3 nitrogen and oxygen atoms in total. The summed E-state index contributed by atoms with van der Waals surface area (Å²) < 4.78 is 0. The fourth-order valence-corrected chi connectivity index (χ4v) is 2.06. The van der Waals surface area contributed by atoms with Crippen molar-refractivity contribution in [3.05, 3.63) is 0 Å². The van der Waals surface area contributed by atoms with Gasteiger partial charge in [-0.3, -0.25) is 4.79 Å². The van der Waals surface area contributed by atoms with E-state index in [0.717, 1.165) is 18.9 Å². The van der Waals surface area contributed by atoms with Gasteiger partial charge in [0.05, 0.1) is 5.92 Å². The zero-order chi connectivity index (χ0) is 10.8. The second kappa shape index (κ2) is 4.52. The van der Waals surface area contributed by atoms with E-state index in [0.29, 0.717) is 18.5 Å². The number of hydrogen-bond acceptors (Lipinski definition) is 2. The molecule has 15 heavy (non-hydrogen) atoms. The summed E-state index contributed by atoms with van der Waals surface area (Å²) in [7, 11) is 0. The largest absolute Gasteiger partial charge is 0.339 e. The molecule has 1 amide bonds. The van der Waals surface area contributed by atoms with Gasteiger partial charge in [0.2, 0.25) is 5.91 Å². The van der Waals surface area contributed by atoms with Crippen LogP contribution in [0.3, 0.4) is 0 Å². The highest BCUT2D eigenvalue weighted by molar-refractivity contribution is 5.79. The molecule has 2 fully saturated rings. The lowest BCUT2D eigenvalue weighted by atomic mass is 10.0. The summed E-state index contributed by atoms with van der Waals surface area (Å²) in [5.41, 5.74) is 5.64. The first-order valence-electron chi connectivity index (χ1n) is 6.26. The second-order valence-corrected chi connectivity index (χ2v) is 5.01. The molecule has 0 aromatic carbocycles.